The fraction of sp³-hybridized carbons (Fsp3) is 0.429. The van der Waals surface area contributed by atoms with Crippen LogP contribution in [0.3, 0.4) is 0 Å². The van der Waals surface area contributed by atoms with Crippen molar-refractivity contribution in [2.24, 2.45) is 5.73 Å². The number of H-pyrrole nitrogens is 1. The molecule has 1 aromatic heterocycles. The second-order valence-electron chi connectivity index (χ2n) is 6.83. The molecule has 0 aliphatic carbocycles. The highest BCUT2D eigenvalue weighted by Crippen LogP contribution is 2.25. The van der Waals surface area contributed by atoms with Gasteiger partial charge in [0, 0.05) is 38.7 Å². The number of nitrogens with two attached hydrogens (primary N) is 1. The van der Waals surface area contributed by atoms with Crippen molar-refractivity contribution >= 4 is 36.2 Å². The van der Waals surface area contributed by atoms with Crippen LogP contribution >= 0.6 is 12.6 Å². The van der Waals surface area contributed by atoms with Gasteiger partial charge in [-0.15, -0.1) is 0 Å². The summed E-state index contributed by atoms with van der Waals surface area (Å²) in [5.74, 6) is 1.00. The van der Waals surface area contributed by atoms with Crippen molar-refractivity contribution in [3.05, 3.63) is 30.0 Å². The molecule has 0 spiro atoms. The molecule has 1 aromatic carbocycles. The minimum absolute atomic E-state index is 0.115. The fourth-order valence-corrected chi connectivity index (χ4v) is 3.00. The number of thiol groups is 1. The number of nitrogens with one attached hydrogen (secondary N) is 3. The largest absolute Gasteiger partial charge is 0.484 e. The first-order chi connectivity index (χ1) is 15.4. The van der Waals surface area contributed by atoms with Gasteiger partial charge in [0.05, 0.1) is 0 Å². The molecule has 5 N–H and O–H groups in total. The van der Waals surface area contributed by atoms with Crippen molar-refractivity contribution in [2.75, 3.05) is 43.9 Å². The Kier molecular flexibility index (Phi) is 10.0. The summed E-state index contributed by atoms with van der Waals surface area (Å²) in [4.78, 5) is 45.1. The topological polar surface area (TPSA) is 142 Å². The number of rotatable bonds is 12. The number of imidazole rings is 1. The van der Waals surface area contributed by atoms with Crippen molar-refractivity contribution < 1.29 is 19.1 Å². The van der Waals surface area contributed by atoms with Gasteiger partial charge in [0.25, 0.3) is 11.8 Å². The monoisotopic (exact) mass is 462 g/mol. The summed E-state index contributed by atoms with van der Waals surface area (Å²) in [5.41, 5.74) is 6.28. The molecule has 2 rings (SSSR count). The Hall–Kier alpha value is -3.05. The molecular weight excluding hydrogens is 432 g/mol. The molecule has 10 nitrogen and oxygen atoms in total. The first-order valence-corrected chi connectivity index (χ1v) is 11.0. The lowest BCUT2D eigenvalue weighted by Crippen LogP contribution is -2.35. The third-order valence-corrected chi connectivity index (χ3v) is 4.77. The summed E-state index contributed by atoms with van der Waals surface area (Å²) in [7, 11) is 0. The van der Waals surface area contributed by atoms with Crippen molar-refractivity contribution in [3.63, 3.8) is 0 Å². The van der Waals surface area contributed by atoms with E-state index in [-0.39, 0.29) is 30.7 Å². The maximum atomic E-state index is 12.9. The third kappa shape index (κ3) is 6.99. The molecule has 174 valence electrons. The molecular formula is C21H30N6O4S. The molecule has 1 heterocycles. The molecule has 0 fully saturated rings. The molecule has 3 amide bonds. The van der Waals surface area contributed by atoms with Gasteiger partial charge in [-0.3, -0.25) is 19.3 Å². The third-order valence-electron chi connectivity index (χ3n) is 4.45. The number of aromatic amines is 1. The molecule has 32 heavy (non-hydrogen) atoms. The summed E-state index contributed by atoms with van der Waals surface area (Å²) in [6.07, 6.45) is 0.786. The molecule has 11 heteroatoms. The Balaban J connectivity index is 2.20. The Morgan fingerprint density at radius 3 is 2.53 bits per heavy atom. The zero-order valence-electron chi connectivity index (χ0n) is 18.3. The highest BCUT2D eigenvalue weighted by molar-refractivity contribution is 7.80. The number of hydrogen-bond donors (Lipinski definition) is 5. The number of carbonyl (C=O) groups is 3. The molecule has 2 aromatic rings. The van der Waals surface area contributed by atoms with E-state index >= 15 is 0 Å². The number of anilines is 1. The summed E-state index contributed by atoms with van der Waals surface area (Å²) in [5, 5.41) is 5.76. The molecule has 0 unspecified atom stereocenters. The lowest BCUT2D eigenvalue weighted by molar-refractivity contribution is -0.126. The smallest absolute Gasteiger partial charge is 0.280 e. The Morgan fingerprint density at radius 2 is 1.94 bits per heavy atom. The van der Waals surface area contributed by atoms with Gasteiger partial charge in [0.15, 0.2) is 12.4 Å². The predicted octanol–water partition coefficient (Wildman–Crippen LogP) is 1.27. The number of amides is 3. The Bertz CT molecular complexity index is 916. The average Bonchev–Trinajstić information content (AvgIpc) is 3.21. The lowest BCUT2D eigenvalue weighted by atomic mass is 10.2. The Morgan fingerprint density at radius 1 is 1.22 bits per heavy atom. The number of carbonyl (C=O) groups excluding carboxylic acids is 3. The van der Waals surface area contributed by atoms with Crippen LogP contribution in [0.25, 0.3) is 11.4 Å². The van der Waals surface area contributed by atoms with Crippen LogP contribution in [0.4, 0.5) is 5.82 Å². The van der Waals surface area contributed by atoms with Crippen LogP contribution in [-0.4, -0.2) is 71.1 Å². The van der Waals surface area contributed by atoms with E-state index in [4.69, 9.17) is 10.5 Å². The van der Waals surface area contributed by atoms with E-state index < -0.39 is 5.91 Å². The number of aromatic nitrogens is 2. The maximum absolute atomic E-state index is 12.9. The molecule has 0 radical (unpaired) electrons. The van der Waals surface area contributed by atoms with Gasteiger partial charge in [0.1, 0.15) is 17.3 Å². The van der Waals surface area contributed by atoms with Crippen molar-refractivity contribution in [2.45, 2.75) is 20.3 Å². The van der Waals surface area contributed by atoms with Crippen LogP contribution < -0.4 is 21.1 Å². The summed E-state index contributed by atoms with van der Waals surface area (Å²) in [6.45, 7) is 4.56. The van der Waals surface area contributed by atoms with Crippen LogP contribution in [0.1, 0.15) is 30.8 Å². The summed E-state index contributed by atoms with van der Waals surface area (Å²) in [6, 6.07) is 6.94. The summed E-state index contributed by atoms with van der Waals surface area (Å²) >= 11 is 4.20. The van der Waals surface area contributed by atoms with E-state index in [0.717, 1.165) is 11.3 Å². The minimum Gasteiger partial charge on any atom is -0.484 e. The zero-order valence-corrected chi connectivity index (χ0v) is 19.2. The first-order valence-electron chi connectivity index (χ1n) is 10.4. The highest BCUT2D eigenvalue weighted by atomic mass is 32.1. The van der Waals surface area contributed by atoms with E-state index in [1.54, 1.807) is 31.2 Å². The molecule has 0 aliphatic rings. The van der Waals surface area contributed by atoms with Crippen LogP contribution in [0.5, 0.6) is 5.75 Å². The van der Waals surface area contributed by atoms with Gasteiger partial charge in [0.2, 0.25) is 5.91 Å². The predicted molar refractivity (Wildman–Crippen MR) is 126 cm³/mol. The first kappa shape index (κ1) is 25.2. The number of hydrogen-bond acceptors (Lipinski definition) is 8. The number of imide groups is 1. The van der Waals surface area contributed by atoms with Gasteiger partial charge >= 0.3 is 0 Å². The maximum Gasteiger partial charge on any atom is 0.280 e. The second-order valence-corrected chi connectivity index (χ2v) is 7.28. The normalized spacial score (nSPS) is 10.5. The lowest BCUT2D eigenvalue weighted by Gasteiger charge is -2.16. The average molecular weight is 463 g/mol. The fourth-order valence-electron chi connectivity index (χ4n) is 2.84. The number of benzene rings is 1. The quantitative estimate of drug-likeness (QED) is 0.236. The standard InChI is InChI=1S/C21H30N6O4S/c1-3-27(14(2)28)21(30)18-20(24-10-4-12-32)26-19(25-18)15-5-7-16(8-6-15)31-13-17(29)23-11-9-22/h5-8,24,32H,3-4,9-13,22H2,1-2H3,(H,23,29)(H,25,26). The number of nitrogens with zero attached hydrogens (tertiary/aromatic N) is 2. The zero-order chi connectivity index (χ0) is 23.5. The van der Waals surface area contributed by atoms with Crippen LogP contribution in [0.2, 0.25) is 0 Å². The van der Waals surface area contributed by atoms with E-state index in [1.807, 2.05) is 0 Å². The highest BCUT2D eigenvalue weighted by Gasteiger charge is 2.24. The second kappa shape index (κ2) is 12.7. The van der Waals surface area contributed by atoms with Crippen LogP contribution in [0, 0.1) is 0 Å². The SMILES string of the molecule is CCN(C(C)=O)C(=O)c1[nH]c(-c2ccc(OCC(=O)NCCN)cc2)nc1NCCCS. The minimum atomic E-state index is -0.449. The van der Waals surface area contributed by atoms with Crippen molar-refractivity contribution in [1.82, 2.24) is 20.2 Å². The molecule has 0 saturated carbocycles. The number of ether oxygens (including phenoxy) is 1. The van der Waals surface area contributed by atoms with Gasteiger partial charge in [-0.1, -0.05) is 0 Å². The molecule has 0 bridgehead atoms. The van der Waals surface area contributed by atoms with E-state index in [2.05, 4.69) is 33.2 Å². The van der Waals surface area contributed by atoms with Crippen molar-refractivity contribution in [3.8, 4) is 17.1 Å². The van der Waals surface area contributed by atoms with E-state index in [0.29, 0.717) is 48.3 Å². The van der Waals surface area contributed by atoms with Crippen LogP contribution in [-0.2, 0) is 9.59 Å². The van der Waals surface area contributed by atoms with Crippen LogP contribution in [0.15, 0.2) is 24.3 Å². The van der Waals surface area contributed by atoms with Gasteiger partial charge in [-0.25, -0.2) is 4.98 Å². The van der Waals surface area contributed by atoms with Gasteiger partial charge in [-0.05, 0) is 43.4 Å². The molecule has 0 atom stereocenters. The van der Waals surface area contributed by atoms with Gasteiger partial charge in [-0.2, -0.15) is 12.6 Å². The van der Waals surface area contributed by atoms with Crippen molar-refractivity contribution in [1.29, 1.82) is 0 Å². The van der Waals surface area contributed by atoms with Gasteiger partial charge < -0.3 is 26.1 Å². The summed E-state index contributed by atoms with van der Waals surface area (Å²) < 4.78 is 5.46. The molecule has 0 saturated heterocycles. The molecule has 0 aliphatic heterocycles. The van der Waals surface area contributed by atoms with E-state index in [9.17, 15) is 14.4 Å². The Labute approximate surface area is 192 Å². The van der Waals surface area contributed by atoms with E-state index in [1.165, 1.54) is 6.92 Å².